The summed E-state index contributed by atoms with van der Waals surface area (Å²) < 4.78 is 5.75. The number of hydrogen-bond acceptors (Lipinski definition) is 4. The number of nitrogens with two attached hydrogens (primary N) is 1. The zero-order valence-corrected chi connectivity index (χ0v) is 11.9. The van der Waals surface area contributed by atoms with E-state index < -0.39 is 0 Å². The lowest BCUT2D eigenvalue weighted by molar-refractivity contribution is 0.460. The van der Waals surface area contributed by atoms with Gasteiger partial charge in [-0.15, -0.1) is 0 Å². The summed E-state index contributed by atoms with van der Waals surface area (Å²) in [4.78, 5) is 7.85. The first-order valence-corrected chi connectivity index (χ1v) is 6.40. The van der Waals surface area contributed by atoms with Gasteiger partial charge >= 0.3 is 0 Å². The Bertz CT molecular complexity index is 599. The molecule has 1 heterocycles. The maximum absolute atomic E-state index is 6.22. The number of rotatable bonds is 3. The zero-order chi connectivity index (χ0) is 14.0. The molecule has 1 aromatic heterocycles. The average Bonchev–Trinajstić information content (AvgIpc) is 2.34. The first-order chi connectivity index (χ1) is 8.99. The zero-order valence-electron chi connectivity index (χ0n) is 11.1. The number of aromatic nitrogens is 2. The molecular weight excluding hydrogens is 262 g/mol. The number of ether oxygens (including phenoxy) is 1. The lowest BCUT2D eigenvalue weighted by atomic mass is 10.0. The van der Waals surface area contributed by atoms with Crippen molar-refractivity contribution in [2.45, 2.75) is 26.7 Å². The second-order valence-corrected chi connectivity index (χ2v) is 5.09. The van der Waals surface area contributed by atoms with Gasteiger partial charge in [0.15, 0.2) is 0 Å². The highest BCUT2D eigenvalue weighted by Gasteiger charge is 2.12. The fraction of sp³-hybridized carbons (Fsp3) is 0.286. The van der Waals surface area contributed by atoms with Crippen molar-refractivity contribution in [2.24, 2.45) is 0 Å². The number of halogens is 1. The molecule has 0 fully saturated rings. The summed E-state index contributed by atoms with van der Waals surface area (Å²) in [6.07, 6.45) is 2.91. The predicted molar refractivity (Wildman–Crippen MR) is 76.8 cm³/mol. The van der Waals surface area contributed by atoms with Crippen molar-refractivity contribution in [3.8, 4) is 11.6 Å². The number of nitrogen functional groups attached to an aromatic ring is 1. The molecule has 0 aliphatic carbocycles. The molecule has 2 aromatic rings. The third kappa shape index (κ3) is 2.96. The van der Waals surface area contributed by atoms with Crippen LogP contribution >= 0.6 is 11.6 Å². The molecule has 0 unspecified atom stereocenters. The van der Waals surface area contributed by atoms with Crippen LogP contribution in [0.25, 0.3) is 0 Å². The van der Waals surface area contributed by atoms with E-state index in [-0.39, 0.29) is 0 Å². The largest absolute Gasteiger partial charge is 0.437 e. The number of benzene rings is 1. The van der Waals surface area contributed by atoms with Crippen LogP contribution in [0, 0.1) is 6.92 Å². The van der Waals surface area contributed by atoms with Gasteiger partial charge in [-0.25, -0.2) is 4.98 Å². The summed E-state index contributed by atoms with van der Waals surface area (Å²) >= 11 is 6.22. The van der Waals surface area contributed by atoms with Crippen LogP contribution in [-0.4, -0.2) is 9.97 Å². The number of aryl methyl sites for hydroxylation is 1. The third-order valence-corrected chi connectivity index (χ3v) is 3.15. The fourth-order valence-corrected chi connectivity index (χ4v) is 2.18. The van der Waals surface area contributed by atoms with E-state index >= 15 is 0 Å². The molecule has 5 heteroatoms. The van der Waals surface area contributed by atoms with Gasteiger partial charge in [-0.1, -0.05) is 25.4 Å². The van der Waals surface area contributed by atoms with Crippen molar-refractivity contribution in [2.75, 3.05) is 5.73 Å². The monoisotopic (exact) mass is 277 g/mol. The van der Waals surface area contributed by atoms with Crippen molar-refractivity contribution >= 4 is 17.3 Å². The summed E-state index contributed by atoms with van der Waals surface area (Å²) in [5.74, 6) is 1.38. The van der Waals surface area contributed by atoms with Crippen LogP contribution in [0.15, 0.2) is 24.7 Å². The molecule has 1 aromatic carbocycles. The highest BCUT2D eigenvalue weighted by molar-refractivity contribution is 6.31. The van der Waals surface area contributed by atoms with Gasteiger partial charge in [-0.3, -0.25) is 0 Å². The Morgan fingerprint density at radius 3 is 2.68 bits per heavy atom. The lowest BCUT2D eigenvalue weighted by Gasteiger charge is -2.14. The first kappa shape index (κ1) is 13.6. The molecule has 4 nitrogen and oxygen atoms in total. The Morgan fingerprint density at radius 1 is 1.32 bits per heavy atom. The van der Waals surface area contributed by atoms with Crippen molar-refractivity contribution < 1.29 is 4.74 Å². The standard InChI is InChI=1S/C14H16ClN3O/c1-8(2)10-5-13(9(3)4-11(10)15)19-14-12(16)6-17-7-18-14/h4-8H,16H2,1-3H3. The topological polar surface area (TPSA) is 61.0 Å². The minimum absolute atomic E-state index is 0.318. The van der Waals surface area contributed by atoms with Gasteiger partial charge < -0.3 is 10.5 Å². The van der Waals surface area contributed by atoms with Crippen molar-refractivity contribution in [1.29, 1.82) is 0 Å². The van der Waals surface area contributed by atoms with Gasteiger partial charge in [0.25, 0.3) is 0 Å². The molecule has 0 saturated heterocycles. The van der Waals surface area contributed by atoms with Crippen LogP contribution in [0.3, 0.4) is 0 Å². The van der Waals surface area contributed by atoms with E-state index in [9.17, 15) is 0 Å². The Morgan fingerprint density at radius 2 is 2.05 bits per heavy atom. The molecule has 0 atom stereocenters. The molecular formula is C14H16ClN3O. The molecule has 0 radical (unpaired) electrons. The van der Waals surface area contributed by atoms with E-state index in [0.717, 1.165) is 16.1 Å². The molecule has 0 amide bonds. The van der Waals surface area contributed by atoms with Gasteiger partial charge in [-0.2, -0.15) is 4.98 Å². The SMILES string of the molecule is Cc1cc(Cl)c(C(C)C)cc1Oc1ncncc1N. The quantitative estimate of drug-likeness (QED) is 0.923. The second kappa shape index (κ2) is 5.45. The molecule has 0 aliphatic rings. The predicted octanol–water partition coefficient (Wildman–Crippen LogP) is 3.94. The van der Waals surface area contributed by atoms with Crippen molar-refractivity contribution in [3.05, 3.63) is 40.8 Å². The summed E-state index contributed by atoms with van der Waals surface area (Å²) in [5.41, 5.74) is 8.15. The number of anilines is 1. The summed E-state index contributed by atoms with van der Waals surface area (Å²) in [6.45, 7) is 6.10. The fourth-order valence-electron chi connectivity index (χ4n) is 1.74. The summed E-state index contributed by atoms with van der Waals surface area (Å²) in [7, 11) is 0. The molecule has 2 rings (SSSR count). The van der Waals surface area contributed by atoms with Crippen LogP contribution < -0.4 is 10.5 Å². The van der Waals surface area contributed by atoms with E-state index in [4.69, 9.17) is 22.1 Å². The second-order valence-electron chi connectivity index (χ2n) is 4.68. The Labute approximate surface area is 117 Å². The molecule has 0 aliphatic heterocycles. The molecule has 0 spiro atoms. The summed E-state index contributed by atoms with van der Waals surface area (Å²) in [5, 5.41) is 0.746. The number of nitrogens with zero attached hydrogens (tertiary/aromatic N) is 2. The van der Waals surface area contributed by atoms with Gasteiger partial charge in [0, 0.05) is 5.02 Å². The average molecular weight is 278 g/mol. The minimum atomic E-state index is 0.318. The van der Waals surface area contributed by atoms with Gasteiger partial charge in [0.1, 0.15) is 17.8 Å². The number of hydrogen-bond donors (Lipinski definition) is 1. The van der Waals surface area contributed by atoms with Crippen LogP contribution in [0.5, 0.6) is 11.6 Å². The van der Waals surface area contributed by atoms with E-state index in [1.54, 1.807) is 0 Å². The molecule has 100 valence electrons. The molecule has 2 N–H and O–H groups in total. The maximum Gasteiger partial charge on any atom is 0.245 e. The highest BCUT2D eigenvalue weighted by atomic mass is 35.5. The van der Waals surface area contributed by atoms with E-state index in [2.05, 4.69) is 23.8 Å². The molecule has 0 saturated carbocycles. The van der Waals surface area contributed by atoms with Crippen LogP contribution in [0.2, 0.25) is 5.02 Å². The van der Waals surface area contributed by atoms with Crippen LogP contribution in [-0.2, 0) is 0 Å². The van der Waals surface area contributed by atoms with Crippen LogP contribution in [0.4, 0.5) is 5.69 Å². The molecule has 0 bridgehead atoms. The van der Waals surface area contributed by atoms with Gasteiger partial charge in [0.2, 0.25) is 5.88 Å². The van der Waals surface area contributed by atoms with Gasteiger partial charge in [-0.05, 0) is 36.1 Å². The molecule has 19 heavy (non-hydrogen) atoms. The van der Waals surface area contributed by atoms with E-state index in [1.807, 2.05) is 19.1 Å². The van der Waals surface area contributed by atoms with E-state index in [0.29, 0.717) is 23.2 Å². The minimum Gasteiger partial charge on any atom is -0.437 e. The Kier molecular flexibility index (Phi) is 3.90. The normalized spacial score (nSPS) is 10.8. The lowest BCUT2D eigenvalue weighted by Crippen LogP contribution is -1.98. The highest BCUT2D eigenvalue weighted by Crippen LogP contribution is 2.34. The Hall–Kier alpha value is -1.81. The third-order valence-electron chi connectivity index (χ3n) is 2.83. The van der Waals surface area contributed by atoms with Crippen molar-refractivity contribution in [3.63, 3.8) is 0 Å². The van der Waals surface area contributed by atoms with Gasteiger partial charge in [0.05, 0.1) is 6.20 Å². The van der Waals surface area contributed by atoms with E-state index in [1.165, 1.54) is 12.5 Å². The Balaban J connectivity index is 2.40. The first-order valence-electron chi connectivity index (χ1n) is 6.02. The summed E-state index contributed by atoms with van der Waals surface area (Å²) in [6, 6.07) is 3.83. The smallest absolute Gasteiger partial charge is 0.245 e. The van der Waals surface area contributed by atoms with Crippen molar-refractivity contribution in [1.82, 2.24) is 9.97 Å². The maximum atomic E-state index is 6.22. The van der Waals surface area contributed by atoms with Crippen LogP contribution in [0.1, 0.15) is 30.9 Å².